The summed E-state index contributed by atoms with van der Waals surface area (Å²) in [6.45, 7) is 0. The lowest BCUT2D eigenvalue weighted by molar-refractivity contribution is 0.476. The predicted molar refractivity (Wildman–Crippen MR) is 51.0 cm³/mol. The Morgan fingerprint density at radius 1 is 1.21 bits per heavy atom. The molecule has 0 unspecified atom stereocenters. The molecule has 0 atom stereocenters. The second-order valence-corrected chi connectivity index (χ2v) is 3.02. The maximum absolute atomic E-state index is 9.32. The number of phenols is 1. The Kier molecular flexibility index (Phi) is 1.28. The van der Waals surface area contributed by atoms with E-state index in [9.17, 15) is 5.11 Å². The number of aromatic nitrogens is 2. The molecule has 0 aliphatic heterocycles. The quantitative estimate of drug-likeness (QED) is 0.584. The SMILES string of the molecule is Oc1ccc2oc3cncnc3c2c1. The maximum atomic E-state index is 9.32. The third kappa shape index (κ3) is 0.877. The van der Waals surface area contributed by atoms with Crippen molar-refractivity contribution < 1.29 is 9.52 Å². The summed E-state index contributed by atoms with van der Waals surface area (Å²) >= 11 is 0. The van der Waals surface area contributed by atoms with Crippen LogP contribution in [0.5, 0.6) is 5.75 Å². The molecule has 0 radical (unpaired) electrons. The third-order valence-corrected chi connectivity index (χ3v) is 2.12. The molecule has 68 valence electrons. The van der Waals surface area contributed by atoms with Gasteiger partial charge in [-0.15, -0.1) is 0 Å². The molecule has 2 aromatic heterocycles. The largest absolute Gasteiger partial charge is 0.508 e. The van der Waals surface area contributed by atoms with Gasteiger partial charge in [0, 0.05) is 0 Å². The second-order valence-electron chi connectivity index (χ2n) is 3.02. The van der Waals surface area contributed by atoms with E-state index in [1.807, 2.05) is 0 Å². The van der Waals surface area contributed by atoms with Crippen molar-refractivity contribution in [2.24, 2.45) is 0 Å². The smallest absolute Gasteiger partial charge is 0.172 e. The molecule has 0 fully saturated rings. The molecule has 4 heteroatoms. The van der Waals surface area contributed by atoms with Gasteiger partial charge in [0.25, 0.3) is 0 Å². The van der Waals surface area contributed by atoms with Crippen LogP contribution in [0.15, 0.2) is 35.1 Å². The lowest BCUT2D eigenvalue weighted by Crippen LogP contribution is -1.75. The van der Waals surface area contributed by atoms with Crippen LogP contribution in [-0.2, 0) is 0 Å². The summed E-state index contributed by atoms with van der Waals surface area (Å²) in [6, 6.07) is 4.93. The van der Waals surface area contributed by atoms with E-state index in [4.69, 9.17) is 4.42 Å². The number of furan rings is 1. The molecule has 0 aliphatic carbocycles. The van der Waals surface area contributed by atoms with Crippen molar-refractivity contribution >= 4 is 22.1 Å². The van der Waals surface area contributed by atoms with Crippen LogP contribution in [-0.4, -0.2) is 15.1 Å². The van der Waals surface area contributed by atoms with E-state index < -0.39 is 0 Å². The molecule has 0 amide bonds. The number of hydrogen-bond acceptors (Lipinski definition) is 4. The monoisotopic (exact) mass is 186 g/mol. The van der Waals surface area contributed by atoms with Crippen LogP contribution in [0.25, 0.3) is 22.1 Å². The standard InChI is InChI=1S/C10H6N2O2/c13-6-1-2-8-7(3-6)10-9(14-8)4-11-5-12-10/h1-5,13H. The highest BCUT2D eigenvalue weighted by Gasteiger charge is 2.07. The summed E-state index contributed by atoms with van der Waals surface area (Å²) in [4.78, 5) is 7.96. The molecule has 3 aromatic rings. The number of rotatable bonds is 0. The van der Waals surface area contributed by atoms with Gasteiger partial charge in [0.15, 0.2) is 5.58 Å². The van der Waals surface area contributed by atoms with Crippen LogP contribution in [0.3, 0.4) is 0 Å². The fourth-order valence-corrected chi connectivity index (χ4v) is 1.50. The number of nitrogens with zero attached hydrogens (tertiary/aromatic N) is 2. The van der Waals surface area contributed by atoms with Crippen molar-refractivity contribution in [3.63, 3.8) is 0 Å². The number of hydrogen-bond donors (Lipinski definition) is 1. The molecular formula is C10H6N2O2. The normalized spacial score (nSPS) is 11.1. The second kappa shape index (κ2) is 2.45. The van der Waals surface area contributed by atoms with Gasteiger partial charge in [0.2, 0.25) is 0 Å². The molecule has 3 rings (SSSR count). The van der Waals surface area contributed by atoms with Crippen molar-refractivity contribution in [2.75, 3.05) is 0 Å². The average Bonchev–Trinajstić information content (AvgIpc) is 2.56. The van der Waals surface area contributed by atoms with Crippen LogP contribution in [0.1, 0.15) is 0 Å². The Balaban J connectivity index is 2.58. The summed E-state index contributed by atoms with van der Waals surface area (Å²) in [5, 5.41) is 10.1. The van der Waals surface area contributed by atoms with Gasteiger partial charge in [-0.3, -0.25) is 0 Å². The van der Waals surface area contributed by atoms with E-state index in [2.05, 4.69) is 9.97 Å². The first kappa shape index (κ1) is 7.32. The van der Waals surface area contributed by atoms with Crippen molar-refractivity contribution in [1.29, 1.82) is 0 Å². The molecule has 1 N–H and O–H groups in total. The van der Waals surface area contributed by atoms with E-state index in [0.717, 1.165) is 10.9 Å². The topological polar surface area (TPSA) is 59.2 Å². The Bertz CT molecular complexity index is 616. The molecule has 4 nitrogen and oxygen atoms in total. The van der Waals surface area contributed by atoms with Crippen molar-refractivity contribution in [1.82, 2.24) is 9.97 Å². The zero-order valence-corrected chi connectivity index (χ0v) is 7.14. The van der Waals surface area contributed by atoms with E-state index in [1.165, 1.54) is 6.33 Å². The third-order valence-electron chi connectivity index (χ3n) is 2.12. The lowest BCUT2D eigenvalue weighted by atomic mass is 10.2. The van der Waals surface area contributed by atoms with Crippen LogP contribution in [0.4, 0.5) is 0 Å². The minimum atomic E-state index is 0.207. The Morgan fingerprint density at radius 3 is 3.07 bits per heavy atom. The molecule has 0 bridgehead atoms. The van der Waals surface area contributed by atoms with E-state index in [0.29, 0.717) is 11.2 Å². The van der Waals surface area contributed by atoms with Crippen LogP contribution in [0.2, 0.25) is 0 Å². The molecule has 0 spiro atoms. The van der Waals surface area contributed by atoms with Crippen LogP contribution in [0, 0.1) is 0 Å². The predicted octanol–water partition coefficient (Wildman–Crippen LogP) is 2.08. The minimum absolute atomic E-state index is 0.207. The van der Waals surface area contributed by atoms with Gasteiger partial charge in [0.05, 0.1) is 11.6 Å². The average molecular weight is 186 g/mol. The first-order valence-corrected chi connectivity index (χ1v) is 4.16. The highest BCUT2D eigenvalue weighted by Crippen LogP contribution is 2.28. The summed E-state index contributed by atoms with van der Waals surface area (Å²) < 4.78 is 5.47. The lowest BCUT2D eigenvalue weighted by Gasteiger charge is -1.89. The fraction of sp³-hybridized carbons (Fsp3) is 0. The summed E-state index contributed by atoms with van der Waals surface area (Å²) in [5.74, 6) is 0.207. The van der Waals surface area contributed by atoms with Crippen molar-refractivity contribution in [3.05, 3.63) is 30.7 Å². The maximum Gasteiger partial charge on any atom is 0.172 e. The van der Waals surface area contributed by atoms with Gasteiger partial charge < -0.3 is 9.52 Å². The number of aromatic hydroxyl groups is 1. The van der Waals surface area contributed by atoms with Crippen molar-refractivity contribution in [2.45, 2.75) is 0 Å². The van der Waals surface area contributed by atoms with E-state index in [1.54, 1.807) is 24.4 Å². The Hall–Kier alpha value is -2.10. The number of fused-ring (bicyclic) bond motifs is 3. The van der Waals surface area contributed by atoms with Gasteiger partial charge >= 0.3 is 0 Å². The van der Waals surface area contributed by atoms with Crippen molar-refractivity contribution in [3.8, 4) is 5.75 Å². The van der Waals surface area contributed by atoms with Gasteiger partial charge in [0.1, 0.15) is 23.2 Å². The summed E-state index contributed by atoms with van der Waals surface area (Å²) in [6.07, 6.45) is 3.07. The number of benzene rings is 1. The highest BCUT2D eigenvalue weighted by molar-refractivity contribution is 6.02. The molecule has 1 aromatic carbocycles. The Morgan fingerprint density at radius 2 is 2.14 bits per heavy atom. The minimum Gasteiger partial charge on any atom is -0.508 e. The molecular weight excluding hydrogens is 180 g/mol. The van der Waals surface area contributed by atoms with E-state index in [-0.39, 0.29) is 5.75 Å². The molecule has 2 heterocycles. The Labute approximate surface area is 78.8 Å². The zero-order valence-electron chi connectivity index (χ0n) is 7.14. The van der Waals surface area contributed by atoms with Crippen LogP contribution < -0.4 is 0 Å². The fourth-order valence-electron chi connectivity index (χ4n) is 1.50. The molecule has 14 heavy (non-hydrogen) atoms. The van der Waals surface area contributed by atoms with Gasteiger partial charge in [-0.25, -0.2) is 9.97 Å². The zero-order chi connectivity index (χ0) is 9.54. The first-order valence-electron chi connectivity index (χ1n) is 4.16. The van der Waals surface area contributed by atoms with Crippen LogP contribution >= 0.6 is 0 Å². The first-order chi connectivity index (χ1) is 6.84. The highest BCUT2D eigenvalue weighted by atomic mass is 16.3. The summed E-state index contributed by atoms with van der Waals surface area (Å²) in [5.41, 5.74) is 2.07. The van der Waals surface area contributed by atoms with E-state index >= 15 is 0 Å². The number of phenolic OH excluding ortho intramolecular Hbond substituents is 1. The molecule has 0 aliphatic rings. The van der Waals surface area contributed by atoms with Gasteiger partial charge in [-0.05, 0) is 18.2 Å². The van der Waals surface area contributed by atoms with Gasteiger partial charge in [-0.1, -0.05) is 0 Å². The molecule has 0 saturated heterocycles. The summed E-state index contributed by atoms with van der Waals surface area (Å²) in [7, 11) is 0. The molecule has 0 saturated carbocycles. The van der Waals surface area contributed by atoms with Gasteiger partial charge in [-0.2, -0.15) is 0 Å².